The van der Waals surface area contributed by atoms with Crippen LogP contribution in [0.1, 0.15) is 39.5 Å². The Kier molecular flexibility index (Phi) is 3.17. The standard InChI is InChI=1S/C12H21NO2/c1-3-15-12(14)13-8(2)11-7-9-4-5-10(11)6-9/h8-11H,3-7H2,1-2H3,(H,13,14)/t8-,9-,10-,11-/m0/s1. The largest absolute Gasteiger partial charge is 0.450 e. The highest BCUT2D eigenvalue weighted by Crippen LogP contribution is 2.49. The van der Waals surface area contributed by atoms with Gasteiger partial charge in [0.2, 0.25) is 0 Å². The number of ether oxygens (including phenoxy) is 1. The summed E-state index contributed by atoms with van der Waals surface area (Å²) in [5, 5.41) is 2.95. The maximum absolute atomic E-state index is 11.3. The Labute approximate surface area is 91.6 Å². The van der Waals surface area contributed by atoms with Gasteiger partial charge < -0.3 is 10.1 Å². The lowest BCUT2D eigenvalue weighted by Crippen LogP contribution is -2.40. The van der Waals surface area contributed by atoms with Crippen molar-refractivity contribution in [1.29, 1.82) is 0 Å². The van der Waals surface area contributed by atoms with E-state index in [1.54, 1.807) is 0 Å². The van der Waals surface area contributed by atoms with Crippen LogP contribution in [0.2, 0.25) is 0 Å². The van der Waals surface area contributed by atoms with Crippen LogP contribution in [0.3, 0.4) is 0 Å². The van der Waals surface area contributed by atoms with Crippen LogP contribution in [0.15, 0.2) is 0 Å². The van der Waals surface area contributed by atoms with E-state index in [1.165, 1.54) is 25.7 Å². The fourth-order valence-electron chi connectivity index (χ4n) is 3.37. The molecule has 0 spiro atoms. The highest BCUT2D eigenvalue weighted by molar-refractivity contribution is 5.67. The number of rotatable bonds is 3. The molecule has 86 valence electrons. The van der Waals surface area contributed by atoms with Crippen LogP contribution in [0.4, 0.5) is 4.79 Å². The van der Waals surface area contributed by atoms with E-state index in [2.05, 4.69) is 12.2 Å². The number of nitrogens with one attached hydrogen (secondary N) is 1. The summed E-state index contributed by atoms with van der Waals surface area (Å²) in [6, 6.07) is 0.277. The summed E-state index contributed by atoms with van der Waals surface area (Å²) in [6.45, 7) is 4.40. The number of amides is 1. The van der Waals surface area contributed by atoms with Crippen molar-refractivity contribution in [3.8, 4) is 0 Å². The molecule has 0 aliphatic heterocycles. The first-order valence-corrected chi connectivity index (χ1v) is 6.14. The second-order valence-corrected chi connectivity index (χ2v) is 4.99. The zero-order valence-corrected chi connectivity index (χ0v) is 9.66. The summed E-state index contributed by atoms with van der Waals surface area (Å²) in [6.07, 6.45) is 5.21. The van der Waals surface area contributed by atoms with Crippen molar-refractivity contribution in [2.45, 2.75) is 45.6 Å². The van der Waals surface area contributed by atoms with Gasteiger partial charge in [-0.05, 0) is 50.9 Å². The van der Waals surface area contributed by atoms with E-state index in [0.29, 0.717) is 12.5 Å². The summed E-state index contributed by atoms with van der Waals surface area (Å²) >= 11 is 0. The number of carbonyl (C=O) groups is 1. The van der Waals surface area contributed by atoms with Gasteiger partial charge in [0.25, 0.3) is 0 Å². The second-order valence-electron chi connectivity index (χ2n) is 4.99. The number of fused-ring (bicyclic) bond motifs is 2. The third-order valence-corrected chi connectivity index (χ3v) is 4.06. The van der Waals surface area contributed by atoms with Crippen molar-refractivity contribution in [2.24, 2.45) is 17.8 Å². The predicted octanol–water partition coefficient (Wildman–Crippen LogP) is 2.56. The lowest BCUT2D eigenvalue weighted by Gasteiger charge is -2.28. The van der Waals surface area contributed by atoms with Crippen LogP contribution >= 0.6 is 0 Å². The van der Waals surface area contributed by atoms with Gasteiger partial charge in [-0.15, -0.1) is 0 Å². The van der Waals surface area contributed by atoms with Crippen LogP contribution in [0, 0.1) is 17.8 Å². The fourth-order valence-corrected chi connectivity index (χ4v) is 3.37. The molecule has 0 saturated heterocycles. The molecule has 0 heterocycles. The molecule has 0 aromatic heterocycles. The predicted molar refractivity (Wildman–Crippen MR) is 58.6 cm³/mol. The van der Waals surface area contributed by atoms with Crippen LogP contribution in [-0.2, 0) is 4.74 Å². The first-order chi connectivity index (χ1) is 7.20. The molecule has 1 N–H and O–H groups in total. The molecule has 3 nitrogen and oxygen atoms in total. The van der Waals surface area contributed by atoms with Gasteiger partial charge in [-0.3, -0.25) is 0 Å². The van der Waals surface area contributed by atoms with Gasteiger partial charge in [-0.1, -0.05) is 6.42 Å². The Hall–Kier alpha value is -0.730. The van der Waals surface area contributed by atoms with E-state index in [0.717, 1.165) is 11.8 Å². The average molecular weight is 211 g/mol. The van der Waals surface area contributed by atoms with E-state index in [-0.39, 0.29) is 12.1 Å². The summed E-state index contributed by atoms with van der Waals surface area (Å²) in [5.41, 5.74) is 0. The molecule has 2 fully saturated rings. The third kappa shape index (κ3) is 2.27. The van der Waals surface area contributed by atoms with Gasteiger partial charge in [0.05, 0.1) is 6.61 Å². The SMILES string of the molecule is CCOC(=O)N[C@@H](C)[C@@H]1C[C@H]2CC[C@H]1C2. The van der Waals surface area contributed by atoms with Crippen LogP contribution in [0.25, 0.3) is 0 Å². The van der Waals surface area contributed by atoms with Crippen molar-refractivity contribution in [1.82, 2.24) is 5.32 Å². The van der Waals surface area contributed by atoms with Crippen LogP contribution < -0.4 is 5.32 Å². The fraction of sp³-hybridized carbons (Fsp3) is 0.917. The van der Waals surface area contributed by atoms with Gasteiger partial charge in [-0.25, -0.2) is 4.79 Å². The molecule has 3 heteroatoms. The summed E-state index contributed by atoms with van der Waals surface area (Å²) in [4.78, 5) is 11.3. The highest BCUT2D eigenvalue weighted by Gasteiger charge is 2.42. The average Bonchev–Trinajstić information content (AvgIpc) is 2.78. The zero-order valence-electron chi connectivity index (χ0n) is 9.66. The van der Waals surface area contributed by atoms with Crippen molar-refractivity contribution in [3.63, 3.8) is 0 Å². The molecule has 4 atom stereocenters. The summed E-state index contributed by atoms with van der Waals surface area (Å²) in [7, 11) is 0. The molecular weight excluding hydrogens is 190 g/mol. The van der Waals surface area contributed by atoms with E-state index in [1.807, 2.05) is 6.92 Å². The Bertz CT molecular complexity index is 242. The Morgan fingerprint density at radius 1 is 1.47 bits per heavy atom. The normalized spacial score (nSPS) is 35.2. The highest BCUT2D eigenvalue weighted by atomic mass is 16.5. The molecule has 0 aromatic carbocycles. The number of hydrogen-bond acceptors (Lipinski definition) is 2. The number of carbonyl (C=O) groups excluding carboxylic acids is 1. The molecule has 1 amide bonds. The van der Waals surface area contributed by atoms with Crippen molar-refractivity contribution < 1.29 is 9.53 Å². The minimum Gasteiger partial charge on any atom is -0.450 e. The molecular formula is C12H21NO2. The van der Waals surface area contributed by atoms with Crippen molar-refractivity contribution in [2.75, 3.05) is 6.61 Å². The van der Waals surface area contributed by atoms with E-state index in [4.69, 9.17) is 4.74 Å². The molecule has 0 unspecified atom stereocenters. The molecule has 0 radical (unpaired) electrons. The second kappa shape index (κ2) is 4.42. The van der Waals surface area contributed by atoms with Crippen molar-refractivity contribution in [3.05, 3.63) is 0 Å². The smallest absolute Gasteiger partial charge is 0.407 e. The minimum atomic E-state index is -0.257. The Morgan fingerprint density at radius 2 is 2.27 bits per heavy atom. The van der Waals surface area contributed by atoms with E-state index < -0.39 is 0 Å². The molecule has 15 heavy (non-hydrogen) atoms. The van der Waals surface area contributed by atoms with Gasteiger partial charge in [0, 0.05) is 6.04 Å². The van der Waals surface area contributed by atoms with Gasteiger partial charge in [0.15, 0.2) is 0 Å². The summed E-state index contributed by atoms with van der Waals surface area (Å²) in [5.74, 6) is 2.48. The van der Waals surface area contributed by atoms with Gasteiger partial charge in [-0.2, -0.15) is 0 Å². The lowest BCUT2D eigenvalue weighted by molar-refractivity contribution is 0.140. The monoisotopic (exact) mass is 211 g/mol. The quantitative estimate of drug-likeness (QED) is 0.779. The first-order valence-electron chi connectivity index (χ1n) is 6.14. The maximum atomic E-state index is 11.3. The van der Waals surface area contributed by atoms with Crippen molar-refractivity contribution >= 4 is 6.09 Å². The molecule has 2 saturated carbocycles. The molecule has 0 aromatic rings. The lowest BCUT2D eigenvalue weighted by atomic mass is 9.84. The molecule has 2 aliphatic rings. The molecule has 2 rings (SSSR count). The number of hydrogen-bond donors (Lipinski definition) is 1. The molecule has 2 bridgehead atoms. The maximum Gasteiger partial charge on any atom is 0.407 e. The topological polar surface area (TPSA) is 38.3 Å². The van der Waals surface area contributed by atoms with E-state index in [9.17, 15) is 4.79 Å². The Balaban J connectivity index is 1.81. The van der Waals surface area contributed by atoms with Gasteiger partial charge in [0.1, 0.15) is 0 Å². The van der Waals surface area contributed by atoms with Crippen LogP contribution in [0.5, 0.6) is 0 Å². The summed E-state index contributed by atoms with van der Waals surface area (Å²) < 4.78 is 4.90. The third-order valence-electron chi connectivity index (χ3n) is 4.06. The molecule has 2 aliphatic carbocycles. The van der Waals surface area contributed by atoms with E-state index >= 15 is 0 Å². The zero-order chi connectivity index (χ0) is 10.8. The van der Waals surface area contributed by atoms with Crippen LogP contribution in [-0.4, -0.2) is 18.7 Å². The minimum absolute atomic E-state index is 0.257. The Morgan fingerprint density at radius 3 is 2.80 bits per heavy atom. The first kappa shape index (κ1) is 10.8. The number of alkyl carbamates (subject to hydrolysis) is 1. The van der Waals surface area contributed by atoms with Gasteiger partial charge >= 0.3 is 6.09 Å².